The van der Waals surface area contributed by atoms with Crippen LogP contribution in [0.3, 0.4) is 0 Å². The number of benzene rings is 1. The van der Waals surface area contributed by atoms with Crippen molar-refractivity contribution in [3.63, 3.8) is 0 Å². The van der Waals surface area contributed by atoms with Gasteiger partial charge in [0.15, 0.2) is 9.84 Å². The molecule has 1 aliphatic rings. The van der Waals surface area contributed by atoms with Gasteiger partial charge < -0.3 is 5.32 Å². The van der Waals surface area contributed by atoms with Crippen LogP contribution in [0.2, 0.25) is 0 Å². The second kappa shape index (κ2) is 5.26. The first kappa shape index (κ1) is 16.8. The Bertz CT molecular complexity index is 696. The first-order chi connectivity index (χ1) is 9.96. The van der Waals surface area contributed by atoms with Gasteiger partial charge in [-0.05, 0) is 32.0 Å². The minimum absolute atomic E-state index is 0.0468. The summed E-state index contributed by atoms with van der Waals surface area (Å²) >= 11 is 0. The molecule has 0 unspecified atom stereocenters. The SMILES string of the molecule is CC(C)([C@@H]1CNC(=O)C1)S(=O)(=O)c1cccc(C(F)(F)F)c1. The fourth-order valence-corrected chi connectivity index (χ4v) is 4.21. The smallest absolute Gasteiger partial charge is 0.356 e. The molecule has 1 fully saturated rings. The molecule has 8 heteroatoms. The Morgan fingerprint density at radius 3 is 2.36 bits per heavy atom. The molecule has 22 heavy (non-hydrogen) atoms. The third-order valence-electron chi connectivity index (χ3n) is 4.12. The number of rotatable bonds is 3. The van der Waals surface area contributed by atoms with Gasteiger partial charge in [0.1, 0.15) is 0 Å². The highest BCUT2D eigenvalue weighted by Gasteiger charge is 2.46. The van der Waals surface area contributed by atoms with Crippen molar-refractivity contribution < 1.29 is 26.4 Å². The summed E-state index contributed by atoms with van der Waals surface area (Å²) in [5.74, 6) is -0.739. The van der Waals surface area contributed by atoms with Gasteiger partial charge >= 0.3 is 6.18 Å². The van der Waals surface area contributed by atoms with E-state index >= 15 is 0 Å². The van der Waals surface area contributed by atoms with Crippen molar-refractivity contribution >= 4 is 15.7 Å². The van der Waals surface area contributed by atoms with Gasteiger partial charge in [0.2, 0.25) is 5.91 Å². The Morgan fingerprint density at radius 2 is 1.86 bits per heavy atom. The highest BCUT2D eigenvalue weighted by molar-refractivity contribution is 7.92. The summed E-state index contributed by atoms with van der Waals surface area (Å²) in [5.41, 5.74) is -1.01. The molecular weight excluding hydrogens is 319 g/mol. The number of sulfone groups is 1. The van der Waals surface area contributed by atoms with Crippen LogP contribution in [0.4, 0.5) is 13.2 Å². The van der Waals surface area contributed by atoms with Gasteiger partial charge in [-0.25, -0.2) is 8.42 Å². The Balaban J connectivity index is 2.44. The molecule has 1 aromatic rings. The van der Waals surface area contributed by atoms with E-state index in [1.165, 1.54) is 13.8 Å². The molecule has 1 amide bonds. The monoisotopic (exact) mass is 335 g/mol. The van der Waals surface area contributed by atoms with Crippen LogP contribution >= 0.6 is 0 Å². The van der Waals surface area contributed by atoms with Crippen molar-refractivity contribution in [3.8, 4) is 0 Å². The van der Waals surface area contributed by atoms with Gasteiger partial charge in [-0.1, -0.05) is 6.07 Å². The highest BCUT2D eigenvalue weighted by atomic mass is 32.2. The van der Waals surface area contributed by atoms with Gasteiger partial charge in [-0.2, -0.15) is 13.2 Å². The van der Waals surface area contributed by atoms with Crippen molar-refractivity contribution in [3.05, 3.63) is 29.8 Å². The molecule has 1 heterocycles. The van der Waals surface area contributed by atoms with Crippen molar-refractivity contribution in [1.29, 1.82) is 0 Å². The number of nitrogens with one attached hydrogen (secondary N) is 1. The predicted molar refractivity (Wildman–Crippen MR) is 73.8 cm³/mol. The summed E-state index contributed by atoms with van der Waals surface area (Å²) in [6.07, 6.45) is -4.56. The summed E-state index contributed by atoms with van der Waals surface area (Å²) in [6.45, 7) is 3.07. The maximum atomic E-state index is 12.8. The number of alkyl halides is 3. The normalized spacial score (nSPS) is 20.0. The van der Waals surface area contributed by atoms with Gasteiger partial charge in [-0.3, -0.25) is 4.79 Å². The molecule has 0 aromatic heterocycles. The van der Waals surface area contributed by atoms with Crippen LogP contribution in [0, 0.1) is 5.92 Å². The van der Waals surface area contributed by atoms with Gasteiger partial charge in [0.05, 0.1) is 15.2 Å². The molecular formula is C14H16F3NO3S. The molecule has 1 aliphatic heterocycles. The number of carbonyl (C=O) groups excluding carboxylic acids is 1. The fourth-order valence-electron chi connectivity index (χ4n) is 2.46. The molecule has 2 rings (SSSR count). The number of carbonyl (C=O) groups is 1. The van der Waals surface area contributed by atoms with Gasteiger partial charge in [0, 0.05) is 18.9 Å². The maximum absolute atomic E-state index is 12.8. The Hall–Kier alpha value is -1.57. The highest BCUT2D eigenvalue weighted by Crippen LogP contribution is 2.37. The van der Waals surface area contributed by atoms with E-state index < -0.39 is 32.2 Å². The zero-order valence-electron chi connectivity index (χ0n) is 12.1. The average molecular weight is 335 g/mol. The molecule has 0 bridgehead atoms. The van der Waals surface area contributed by atoms with Crippen molar-refractivity contribution in [2.75, 3.05) is 6.54 Å². The average Bonchev–Trinajstić information content (AvgIpc) is 2.85. The van der Waals surface area contributed by atoms with Crippen LogP contribution < -0.4 is 5.32 Å². The molecule has 0 radical (unpaired) electrons. The molecule has 1 atom stereocenters. The summed E-state index contributed by atoms with van der Waals surface area (Å²) in [6, 6.07) is 3.69. The third-order valence-corrected chi connectivity index (χ3v) is 6.72. The lowest BCUT2D eigenvalue weighted by molar-refractivity contribution is -0.137. The van der Waals surface area contributed by atoms with E-state index in [4.69, 9.17) is 0 Å². The lowest BCUT2D eigenvalue weighted by Gasteiger charge is -2.30. The molecule has 122 valence electrons. The standard InChI is InChI=1S/C14H16F3NO3S/c1-13(2,10-7-12(19)18-8-10)22(20,21)11-5-3-4-9(6-11)14(15,16)17/h3-6,10H,7-8H2,1-2H3,(H,18,19)/t10-/m0/s1. The summed E-state index contributed by atoms with van der Waals surface area (Å²) < 4.78 is 62.4. The second-order valence-corrected chi connectivity index (χ2v) is 8.37. The van der Waals surface area contributed by atoms with Crippen LogP contribution in [0.5, 0.6) is 0 Å². The van der Waals surface area contributed by atoms with E-state index in [1.54, 1.807) is 0 Å². The van der Waals surface area contributed by atoms with Crippen molar-refractivity contribution in [2.45, 2.75) is 36.1 Å². The third kappa shape index (κ3) is 2.84. The molecule has 0 spiro atoms. The number of hydrogen-bond acceptors (Lipinski definition) is 3. The number of hydrogen-bond donors (Lipinski definition) is 1. The van der Waals surface area contributed by atoms with E-state index in [-0.39, 0.29) is 23.8 Å². The lowest BCUT2D eigenvalue weighted by atomic mass is 9.94. The minimum Gasteiger partial charge on any atom is -0.356 e. The lowest BCUT2D eigenvalue weighted by Crippen LogP contribution is -2.41. The van der Waals surface area contributed by atoms with E-state index in [9.17, 15) is 26.4 Å². The van der Waals surface area contributed by atoms with E-state index in [2.05, 4.69) is 5.32 Å². The summed E-state index contributed by atoms with van der Waals surface area (Å²) in [5, 5.41) is 2.55. The predicted octanol–water partition coefficient (Wildman–Crippen LogP) is 2.39. The van der Waals surface area contributed by atoms with Gasteiger partial charge in [-0.15, -0.1) is 0 Å². The zero-order chi connectivity index (χ0) is 16.8. The Labute approximate surface area is 126 Å². The van der Waals surface area contributed by atoms with Gasteiger partial charge in [0.25, 0.3) is 0 Å². The topological polar surface area (TPSA) is 63.2 Å². The molecule has 1 saturated heterocycles. The van der Waals surface area contributed by atoms with E-state index in [0.717, 1.165) is 18.2 Å². The maximum Gasteiger partial charge on any atom is 0.416 e. The molecule has 0 saturated carbocycles. The zero-order valence-corrected chi connectivity index (χ0v) is 12.9. The number of halogens is 3. The quantitative estimate of drug-likeness (QED) is 0.922. The minimum atomic E-state index is -4.61. The van der Waals surface area contributed by atoms with Crippen molar-refractivity contribution in [1.82, 2.24) is 5.32 Å². The van der Waals surface area contributed by atoms with E-state index in [0.29, 0.717) is 6.07 Å². The molecule has 1 N–H and O–H groups in total. The summed E-state index contributed by atoms with van der Waals surface area (Å²) in [7, 11) is -4.02. The Morgan fingerprint density at radius 1 is 1.23 bits per heavy atom. The van der Waals surface area contributed by atoms with Crippen LogP contribution in [0.1, 0.15) is 25.8 Å². The molecule has 1 aromatic carbocycles. The second-order valence-electron chi connectivity index (χ2n) is 5.84. The fraction of sp³-hybridized carbons (Fsp3) is 0.500. The first-order valence-corrected chi connectivity index (χ1v) is 8.13. The summed E-state index contributed by atoms with van der Waals surface area (Å²) in [4.78, 5) is 10.9. The largest absolute Gasteiger partial charge is 0.416 e. The number of amides is 1. The Kier molecular flexibility index (Phi) is 4.01. The van der Waals surface area contributed by atoms with Crippen LogP contribution in [-0.2, 0) is 20.8 Å². The van der Waals surface area contributed by atoms with Crippen molar-refractivity contribution in [2.24, 2.45) is 5.92 Å². The molecule has 4 nitrogen and oxygen atoms in total. The van der Waals surface area contributed by atoms with E-state index in [1.807, 2.05) is 0 Å². The van der Waals surface area contributed by atoms with Crippen LogP contribution in [0.15, 0.2) is 29.2 Å². The van der Waals surface area contributed by atoms with Crippen LogP contribution in [-0.4, -0.2) is 25.6 Å². The molecule has 0 aliphatic carbocycles. The van der Waals surface area contributed by atoms with Crippen LogP contribution in [0.25, 0.3) is 0 Å². The first-order valence-electron chi connectivity index (χ1n) is 6.65.